The summed E-state index contributed by atoms with van der Waals surface area (Å²) in [5.74, 6) is 0.610. The highest BCUT2D eigenvalue weighted by atomic mass is 79.9. The monoisotopic (exact) mass is 594 g/mol. The molecule has 0 aliphatic carbocycles. The van der Waals surface area contributed by atoms with Gasteiger partial charge in [-0.2, -0.15) is 13.2 Å². The normalized spacial score (nSPS) is 19.8. The van der Waals surface area contributed by atoms with Crippen LogP contribution in [-0.4, -0.2) is 59.5 Å². The summed E-state index contributed by atoms with van der Waals surface area (Å²) in [6.07, 6.45) is -4.86. The summed E-state index contributed by atoms with van der Waals surface area (Å²) in [5, 5.41) is 11.9. The largest absolute Gasteiger partial charge is 0.493 e. The number of benzene rings is 2. The molecule has 2 unspecified atom stereocenters. The number of nitrogens with zero attached hydrogens (tertiary/aromatic N) is 1. The Balaban J connectivity index is 1.43. The molecular formula is C28H30BrF3N2O4. The van der Waals surface area contributed by atoms with Crippen molar-refractivity contribution in [1.82, 2.24) is 9.88 Å². The lowest BCUT2D eigenvalue weighted by Crippen LogP contribution is -2.51. The van der Waals surface area contributed by atoms with E-state index in [1.807, 2.05) is 18.2 Å². The summed E-state index contributed by atoms with van der Waals surface area (Å²) in [6, 6.07) is 10.8. The topological polar surface area (TPSA) is 74.8 Å². The number of ether oxygens (including phenoxy) is 2. The van der Waals surface area contributed by atoms with Gasteiger partial charge in [-0.25, -0.2) is 0 Å². The van der Waals surface area contributed by atoms with Crippen LogP contribution < -0.4 is 4.74 Å². The molecule has 2 N–H and O–H groups in total. The number of alkyl halides is 3. The maximum atomic E-state index is 14.5. The fraction of sp³-hybridized carbons (Fsp3) is 0.464. The zero-order valence-electron chi connectivity index (χ0n) is 21.2. The number of hydrogen-bond donors (Lipinski definition) is 2. The van der Waals surface area contributed by atoms with Crippen LogP contribution in [0.1, 0.15) is 48.8 Å². The summed E-state index contributed by atoms with van der Waals surface area (Å²) in [7, 11) is 0. The molecule has 0 radical (unpaired) electrons. The van der Waals surface area contributed by atoms with Gasteiger partial charge in [0.2, 0.25) is 6.41 Å². The van der Waals surface area contributed by atoms with E-state index in [1.54, 1.807) is 36.9 Å². The molecule has 2 aliphatic heterocycles. The molecule has 204 valence electrons. The van der Waals surface area contributed by atoms with Crippen LogP contribution in [0.2, 0.25) is 0 Å². The lowest BCUT2D eigenvalue weighted by Gasteiger charge is -2.38. The van der Waals surface area contributed by atoms with Crippen molar-refractivity contribution >= 4 is 33.2 Å². The zero-order valence-corrected chi connectivity index (χ0v) is 22.8. The molecule has 2 aromatic carbocycles. The van der Waals surface area contributed by atoms with Crippen molar-refractivity contribution in [2.75, 3.05) is 26.3 Å². The molecule has 3 aromatic rings. The molecular weight excluding hydrogens is 565 g/mol. The third-order valence-electron chi connectivity index (χ3n) is 7.54. The molecule has 0 spiro atoms. The van der Waals surface area contributed by atoms with E-state index < -0.39 is 30.0 Å². The molecule has 5 rings (SSSR count). The molecule has 10 heteroatoms. The van der Waals surface area contributed by atoms with Crippen LogP contribution in [0.3, 0.4) is 0 Å². The first-order chi connectivity index (χ1) is 17.9. The van der Waals surface area contributed by atoms with Crippen LogP contribution in [0.15, 0.2) is 40.9 Å². The van der Waals surface area contributed by atoms with Crippen LogP contribution in [0.25, 0.3) is 10.9 Å². The highest BCUT2D eigenvalue weighted by molar-refractivity contribution is 9.10. The molecule has 38 heavy (non-hydrogen) atoms. The predicted octanol–water partition coefficient (Wildman–Crippen LogP) is 5.60. The lowest BCUT2D eigenvalue weighted by atomic mass is 9.73. The second-order valence-corrected chi connectivity index (χ2v) is 11.8. The Morgan fingerprint density at radius 2 is 1.97 bits per heavy atom. The average molecular weight is 595 g/mol. The number of aromatic amines is 1. The Kier molecular flexibility index (Phi) is 7.02. The maximum Gasteiger partial charge on any atom is 0.417 e. The third-order valence-corrected chi connectivity index (χ3v) is 8.00. The standard InChI is InChI=1S/C28H30BrF3N2O4/c1-26(2,22-12-20(29)10-18-5-7-38-25(18)22)15-27(36,28(30,31)32)13-21-11-19-9-17(3-4-23(19)33-21)24-14-34(16-35)6-8-37-24/h3-4,9-12,16,24,33,36H,5-8,13-15H2,1-2H3. The van der Waals surface area contributed by atoms with Gasteiger partial charge in [0, 0.05) is 46.0 Å². The molecule has 1 aromatic heterocycles. The van der Waals surface area contributed by atoms with E-state index in [0.717, 1.165) is 22.0 Å². The van der Waals surface area contributed by atoms with Crippen molar-refractivity contribution in [2.45, 2.75) is 56.4 Å². The summed E-state index contributed by atoms with van der Waals surface area (Å²) < 4.78 is 55.8. The van der Waals surface area contributed by atoms with Gasteiger partial charge < -0.3 is 24.5 Å². The van der Waals surface area contributed by atoms with Gasteiger partial charge in [0.1, 0.15) is 11.9 Å². The fourth-order valence-corrected chi connectivity index (χ4v) is 6.15. The summed E-state index contributed by atoms with van der Waals surface area (Å²) in [4.78, 5) is 15.9. The fourth-order valence-electron chi connectivity index (χ4n) is 5.65. The highest BCUT2D eigenvalue weighted by Gasteiger charge is 2.56. The quantitative estimate of drug-likeness (QED) is 0.349. The zero-order chi connectivity index (χ0) is 27.3. The minimum atomic E-state index is -4.86. The SMILES string of the molecule is CC(C)(CC(O)(Cc1cc2cc(C3CN(C=O)CCO3)ccc2[nH]1)C(F)(F)F)c1cc(Br)cc2c1OCC2. The number of rotatable bonds is 7. The predicted molar refractivity (Wildman–Crippen MR) is 140 cm³/mol. The van der Waals surface area contributed by atoms with E-state index in [0.29, 0.717) is 54.9 Å². The van der Waals surface area contributed by atoms with Crippen LogP contribution in [-0.2, 0) is 27.8 Å². The van der Waals surface area contributed by atoms with E-state index >= 15 is 0 Å². The number of hydrogen-bond acceptors (Lipinski definition) is 4. The average Bonchev–Trinajstić information content (AvgIpc) is 3.48. The number of aromatic nitrogens is 1. The number of halogens is 4. The van der Waals surface area contributed by atoms with Crippen molar-refractivity contribution in [3.8, 4) is 5.75 Å². The Morgan fingerprint density at radius 1 is 1.18 bits per heavy atom. The summed E-state index contributed by atoms with van der Waals surface area (Å²) >= 11 is 3.47. The first kappa shape index (κ1) is 27.0. The molecule has 0 bridgehead atoms. The number of aliphatic hydroxyl groups is 1. The van der Waals surface area contributed by atoms with Crippen molar-refractivity contribution in [2.24, 2.45) is 0 Å². The van der Waals surface area contributed by atoms with E-state index in [1.165, 1.54) is 0 Å². The number of amides is 1. The molecule has 1 fully saturated rings. The van der Waals surface area contributed by atoms with Crippen molar-refractivity contribution in [1.29, 1.82) is 0 Å². The Labute approximate surface area is 227 Å². The molecule has 6 nitrogen and oxygen atoms in total. The minimum Gasteiger partial charge on any atom is -0.493 e. The lowest BCUT2D eigenvalue weighted by molar-refractivity contribution is -0.266. The van der Waals surface area contributed by atoms with Crippen LogP contribution in [0.5, 0.6) is 5.75 Å². The maximum absolute atomic E-state index is 14.5. The molecule has 1 amide bonds. The Morgan fingerprint density at radius 3 is 2.71 bits per heavy atom. The molecule has 2 atom stereocenters. The number of H-pyrrole nitrogens is 1. The van der Waals surface area contributed by atoms with Crippen LogP contribution in [0.4, 0.5) is 13.2 Å². The smallest absolute Gasteiger partial charge is 0.417 e. The third kappa shape index (κ3) is 5.18. The van der Waals surface area contributed by atoms with Gasteiger partial charge in [0.25, 0.3) is 0 Å². The highest BCUT2D eigenvalue weighted by Crippen LogP contribution is 2.47. The van der Waals surface area contributed by atoms with E-state index in [2.05, 4.69) is 20.9 Å². The van der Waals surface area contributed by atoms with Gasteiger partial charge in [-0.15, -0.1) is 0 Å². The first-order valence-corrected chi connectivity index (χ1v) is 13.4. The first-order valence-electron chi connectivity index (χ1n) is 12.6. The van der Waals surface area contributed by atoms with Gasteiger partial charge in [0.15, 0.2) is 5.60 Å². The van der Waals surface area contributed by atoms with Crippen molar-refractivity contribution in [3.05, 3.63) is 63.3 Å². The van der Waals surface area contributed by atoms with Crippen LogP contribution in [0, 0.1) is 0 Å². The number of fused-ring (bicyclic) bond motifs is 2. The second kappa shape index (κ2) is 9.88. The number of carbonyl (C=O) groups is 1. The van der Waals surface area contributed by atoms with Gasteiger partial charge in [0.05, 0.1) is 19.8 Å². The van der Waals surface area contributed by atoms with Crippen LogP contribution >= 0.6 is 15.9 Å². The summed E-state index contributed by atoms with van der Waals surface area (Å²) in [5.41, 5.74) is -0.653. The van der Waals surface area contributed by atoms with Crippen molar-refractivity contribution < 1.29 is 32.5 Å². The Hall–Kier alpha value is -2.56. The second-order valence-electron chi connectivity index (χ2n) is 10.9. The Bertz CT molecular complexity index is 1360. The van der Waals surface area contributed by atoms with Gasteiger partial charge in [-0.3, -0.25) is 4.79 Å². The van der Waals surface area contributed by atoms with Gasteiger partial charge >= 0.3 is 6.18 Å². The molecule has 1 saturated heterocycles. The minimum absolute atomic E-state index is 0.280. The van der Waals surface area contributed by atoms with Gasteiger partial charge in [-0.05, 0) is 53.3 Å². The molecule has 0 saturated carbocycles. The molecule has 2 aliphatic rings. The number of nitrogens with one attached hydrogen (secondary N) is 1. The number of morpholine rings is 1. The molecule has 3 heterocycles. The summed E-state index contributed by atoms with van der Waals surface area (Å²) in [6.45, 7) is 5.25. The number of carbonyl (C=O) groups excluding carboxylic acids is 1. The van der Waals surface area contributed by atoms with E-state index in [-0.39, 0.29) is 11.8 Å². The van der Waals surface area contributed by atoms with E-state index in [4.69, 9.17) is 9.47 Å². The van der Waals surface area contributed by atoms with Gasteiger partial charge in [-0.1, -0.05) is 35.8 Å². The van der Waals surface area contributed by atoms with Crippen molar-refractivity contribution in [3.63, 3.8) is 0 Å². The van der Waals surface area contributed by atoms with E-state index in [9.17, 15) is 23.1 Å².